The summed E-state index contributed by atoms with van der Waals surface area (Å²) >= 11 is 0. The molecule has 0 bridgehead atoms. The predicted octanol–water partition coefficient (Wildman–Crippen LogP) is 4.09. The summed E-state index contributed by atoms with van der Waals surface area (Å²) in [7, 11) is 0. The summed E-state index contributed by atoms with van der Waals surface area (Å²) in [5.41, 5.74) is 1.11. The molecule has 6 nitrogen and oxygen atoms in total. The summed E-state index contributed by atoms with van der Waals surface area (Å²) in [5.74, 6) is 1.03. The highest BCUT2D eigenvalue weighted by atomic mass is 16.5. The highest BCUT2D eigenvalue weighted by molar-refractivity contribution is 5.79. The average Bonchev–Trinajstić information content (AvgIpc) is 2.72. The van der Waals surface area contributed by atoms with Crippen LogP contribution in [0.4, 0.5) is 5.69 Å². The first-order chi connectivity index (χ1) is 13.8. The largest absolute Gasteiger partial charge is 0.494 e. The second-order valence-corrected chi connectivity index (χ2v) is 6.49. The van der Waals surface area contributed by atoms with Gasteiger partial charge in [-0.3, -0.25) is 4.79 Å². The molecular weight excluding hydrogens is 358 g/mol. The van der Waals surface area contributed by atoms with Crippen molar-refractivity contribution in [2.24, 2.45) is 0 Å². The fraction of sp³-hybridized carbons (Fsp3) is 0.682. The van der Waals surface area contributed by atoms with Crippen molar-refractivity contribution < 1.29 is 23.7 Å². The third kappa shape index (κ3) is 13.5. The van der Waals surface area contributed by atoms with E-state index in [0.717, 1.165) is 56.9 Å². The number of anilines is 1. The number of ketones is 1. The van der Waals surface area contributed by atoms with Crippen molar-refractivity contribution in [1.29, 1.82) is 0 Å². The van der Waals surface area contributed by atoms with Crippen LogP contribution >= 0.6 is 0 Å². The van der Waals surface area contributed by atoms with Gasteiger partial charge in [-0.15, -0.1) is 0 Å². The van der Waals surface area contributed by atoms with Crippen LogP contribution in [0, 0.1) is 0 Å². The van der Waals surface area contributed by atoms with Crippen molar-refractivity contribution in [1.82, 2.24) is 0 Å². The molecule has 0 aliphatic carbocycles. The van der Waals surface area contributed by atoms with Crippen molar-refractivity contribution in [3.05, 3.63) is 24.3 Å². The summed E-state index contributed by atoms with van der Waals surface area (Å²) in [4.78, 5) is 11.0. The number of nitrogens with one attached hydrogen (secondary N) is 1. The summed E-state index contributed by atoms with van der Waals surface area (Å²) in [6.07, 6.45) is 4.23. The number of carbonyl (C=O) groups is 1. The van der Waals surface area contributed by atoms with Gasteiger partial charge in [0.1, 0.15) is 12.4 Å². The summed E-state index contributed by atoms with van der Waals surface area (Å²) in [6, 6.07) is 8.01. The lowest BCUT2D eigenvalue weighted by Crippen LogP contribution is -2.09. The number of benzene rings is 1. The lowest BCUT2D eigenvalue weighted by Gasteiger charge is -2.08. The van der Waals surface area contributed by atoms with E-state index in [-0.39, 0.29) is 12.4 Å². The predicted molar refractivity (Wildman–Crippen MR) is 112 cm³/mol. The molecule has 0 unspecified atom stereocenters. The van der Waals surface area contributed by atoms with E-state index in [1.165, 1.54) is 0 Å². The molecule has 0 fully saturated rings. The maximum absolute atomic E-state index is 11.0. The number of Topliss-reactive ketones (excluding diaryl/α,β-unsaturated/α-hetero) is 1. The number of rotatable bonds is 19. The molecule has 6 heteroatoms. The van der Waals surface area contributed by atoms with Crippen LogP contribution in [0.2, 0.25) is 0 Å². The van der Waals surface area contributed by atoms with E-state index in [2.05, 4.69) is 12.2 Å². The number of hydrogen-bond acceptors (Lipinski definition) is 6. The molecule has 0 heterocycles. The molecule has 0 aromatic heterocycles. The molecular formula is C22H37NO5. The Labute approximate surface area is 169 Å². The van der Waals surface area contributed by atoms with Crippen LogP contribution in [0.1, 0.15) is 46.0 Å². The Morgan fingerprint density at radius 2 is 1.36 bits per heavy atom. The highest BCUT2D eigenvalue weighted by Gasteiger charge is 1.98. The number of ether oxygens (including phenoxy) is 4. The standard InChI is InChI=1S/C22H37NO5/c1-3-21(24)19-27-17-7-15-25-13-5-6-14-26-16-8-18-28-22-11-9-20(10-12-22)23-4-2/h9-12,23H,3-8,13-19H2,1-2H3. The van der Waals surface area contributed by atoms with E-state index in [9.17, 15) is 4.79 Å². The lowest BCUT2D eigenvalue weighted by molar-refractivity contribution is -0.123. The quantitative estimate of drug-likeness (QED) is 0.356. The van der Waals surface area contributed by atoms with E-state index < -0.39 is 0 Å². The van der Waals surface area contributed by atoms with Gasteiger partial charge in [0.05, 0.1) is 6.61 Å². The molecule has 28 heavy (non-hydrogen) atoms. The molecule has 0 aliphatic heterocycles. The first-order valence-electron chi connectivity index (χ1n) is 10.5. The van der Waals surface area contributed by atoms with Crippen molar-refractivity contribution in [2.45, 2.75) is 46.0 Å². The Balaban J connectivity index is 1.80. The zero-order valence-electron chi connectivity index (χ0n) is 17.5. The molecule has 0 radical (unpaired) electrons. The Kier molecular flexibility index (Phi) is 15.2. The van der Waals surface area contributed by atoms with Gasteiger partial charge in [0.2, 0.25) is 0 Å². The molecule has 1 rings (SSSR count). The van der Waals surface area contributed by atoms with E-state index >= 15 is 0 Å². The third-order valence-corrected chi connectivity index (χ3v) is 4.00. The van der Waals surface area contributed by atoms with Crippen molar-refractivity contribution in [3.8, 4) is 5.75 Å². The van der Waals surface area contributed by atoms with Crippen LogP contribution in [0.15, 0.2) is 24.3 Å². The first-order valence-corrected chi connectivity index (χ1v) is 10.5. The summed E-state index contributed by atoms with van der Waals surface area (Å²) in [6.45, 7) is 9.19. The number of hydrogen-bond donors (Lipinski definition) is 1. The fourth-order valence-electron chi connectivity index (χ4n) is 2.39. The van der Waals surface area contributed by atoms with Gasteiger partial charge in [-0.25, -0.2) is 0 Å². The molecule has 0 spiro atoms. The molecule has 0 saturated heterocycles. The second kappa shape index (κ2) is 17.5. The molecule has 0 saturated carbocycles. The van der Waals surface area contributed by atoms with Gasteiger partial charge < -0.3 is 24.3 Å². The minimum atomic E-state index is 0.145. The topological polar surface area (TPSA) is 66.0 Å². The Morgan fingerprint density at radius 1 is 0.786 bits per heavy atom. The Morgan fingerprint density at radius 3 is 1.96 bits per heavy atom. The minimum absolute atomic E-state index is 0.145. The molecule has 160 valence electrons. The normalized spacial score (nSPS) is 10.8. The monoisotopic (exact) mass is 395 g/mol. The second-order valence-electron chi connectivity index (χ2n) is 6.49. The average molecular weight is 396 g/mol. The molecule has 1 aromatic carbocycles. The molecule has 1 N–H and O–H groups in total. The van der Waals surface area contributed by atoms with Gasteiger partial charge in [0.15, 0.2) is 5.78 Å². The molecule has 0 aliphatic rings. The maximum Gasteiger partial charge on any atom is 0.158 e. The SMILES string of the molecule is CCNc1ccc(OCCCOCCCCOCCCOCC(=O)CC)cc1. The number of unbranched alkanes of at least 4 members (excludes halogenated alkanes) is 1. The van der Waals surface area contributed by atoms with Gasteiger partial charge in [0.25, 0.3) is 0 Å². The summed E-state index contributed by atoms with van der Waals surface area (Å²) < 4.78 is 22.1. The van der Waals surface area contributed by atoms with Crippen LogP contribution in [0.5, 0.6) is 5.75 Å². The Hall–Kier alpha value is -1.63. The van der Waals surface area contributed by atoms with E-state index in [1.54, 1.807) is 0 Å². The zero-order valence-corrected chi connectivity index (χ0v) is 17.5. The van der Waals surface area contributed by atoms with Gasteiger partial charge in [-0.2, -0.15) is 0 Å². The van der Waals surface area contributed by atoms with E-state index in [0.29, 0.717) is 32.8 Å². The van der Waals surface area contributed by atoms with Crippen LogP contribution in [0.25, 0.3) is 0 Å². The Bertz CT molecular complexity index is 492. The van der Waals surface area contributed by atoms with E-state index in [1.807, 2.05) is 31.2 Å². The first kappa shape index (κ1) is 24.4. The molecule has 1 aromatic rings. The van der Waals surface area contributed by atoms with Crippen molar-refractivity contribution in [2.75, 3.05) is 58.1 Å². The van der Waals surface area contributed by atoms with Gasteiger partial charge >= 0.3 is 0 Å². The lowest BCUT2D eigenvalue weighted by atomic mass is 10.3. The highest BCUT2D eigenvalue weighted by Crippen LogP contribution is 2.15. The molecule has 0 amide bonds. The van der Waals surface area contributed by atoms with Gasteiger partial charge in [-0.05, 0) is 50.5 Å². The molecule has 0 atom stereocenters. The van der Waals surface area contributed by atoms with Crippen LogP contribution in [-0.2, 0) is 19.0 Å². The van der Waals surface area contributed by atoms with Crippen molar-refractivity contribution in [3.63, 3.8) is 0 Å². The number of carbonyl (C=O) groups excluding carboxylic acids is 1. The van der Waals surface area contributed by atoms with Crippen LogP contribution < -0.4 is 10.1 Å². The van der Waals surface area contributed by atoms with Gasteiger partial charge in [-0.1, -0.05) is 6.92 Å². The van der Waals surface area contributed by atoms with Gasteiger partial charge in [0, 0.05) is 58.1 Å². The van der Waals surface area contributed by atoms with Crippen LogP contribution in [-0.4, -0.2) is 58.6 Å². The van der Waals surface area contributed by atoms with Crippen molar-refractivity contribution >= 4 is 11.5 Å². The zero-order chi connectivity index (χ0) is 20.3. The third-order valence-electron chi connectivity index (χ3n) is 4.00. The fourth-order valence-corrected chi connectivity index (χ4v) is 2.39. The smallest absolute Gasteiger partial charge is 0.158 e. The maximum atomic E-state index is 11.0. The van der Waals surface area contributed by atoms with Crippen LogP contribution in [0.3, 0.4) is 0 Å². The summed E-state index contributed by atoms with van der Waals surface area (Å²) in [5, 5.41) is 3.26. The van der Waals surface area contributed by atoms with E-state index in [4.69, 9.17) is 18.9 Å². The minimum Gasteiger partial charge on any atom is -0.494 e.